The minimum Gasteiger partial charge on any atom is -0.478 e. The number of anilines is 1. The number of aromatic nitrogens is 1. The smallest absolute Gasteiger partial charge is 0.340 e. The lowest BCUT2D eigenvalue weighted by Crippen LogP contribution is -2.14. The van der Waals surface area contributed by atoms with Crippen molar-refractivity contribution in [3.63, 3.8) is 0 Å². The van der Waals surface area contributed by atoms with Gasteiger partial charge in [0.25, 0.3) is 5.91 Å². The second kappa shape index (κ2) is 9.18. The zero-order valence-corrected chi connectivity index (χ0v) is 18.2. The van der Waals surface area contributed by atoms with E-state index in [1.54, 1.807) is 26.0 Å². The van der Waals surface area contributed by atoms with Gasteiger partial charge in [-0.05, 0) is 77.2 Å². The number of rotatable bonds is 8. The summed E-state index contributed by atoms with van der Waals surface area (Å²) < 4.78 is 5.25. The predicted molar refractivity (Wildman–Crippen MR) is 118 cm³/mol. The summed E-state index contributed by atoms with van der Waals surface area (Å²) in [5.41, 5.74) is 4.14. The Morgan fingerprint density at radius 1 is 1.26 bits per heavy atom. The summed E-state index contributed by atoms with van der Waals surface area (Å²) in [5, 5.41) is 12.1. The van der Waals surface area contributed by atoms with E-state index in [0.29, 0.717) is 40.2 Å². The van der Waals surface area contributed by atoms with E-state index in [1.807, 2.05) is 14.1 Å². The van der Waals surface area contributed by atoms with Crippen LogP contribution in [0.5, 0.6) is 0 Å². The summed E-state index contributed by atoms with van der Waals surface area (Å²) in [5.74, 6) is -1.78. The molecule has 0 spiro atoms. The van der Waals surface area contributed by atoms with Crippen LogP contribution in [0, 0.1) is 6.92 Å². The fourth-order valence-corrected chi connectivity index (χ4v) is 3.74. The van der Waals surface area contributed by atoms with Gasteiger partial charge in [-0.3, -0.25) is 4.79 Å². The molecule has 31 heavy (non-hydrogen) atoms. The van der Waals surface area contributed by atoms with Crippen LogP contribution in [0.2, 0.25) is 0 Å². The number of nitrogens with one attached hydrogen (secondary N) is 2. The lowest BCUT2D eigenvalue weighted by atomic mass is 9.99. The van der Waals surface area contributed by atoms with Crippen molar-refractivity contribution >= 4 is 35.2 Å². The first kappa shape index (κ1) is 22.3. The van der Waals surface area contributed by atoms with E-state index in [2.05, 4.69) is 15.2 Å². The number of hydrogen-bond donors (Lipinski definition) is 3. The zero-order valence-electron chi connectivity index (χ0n) is 18.2. The Balaban J connectivity index is 2.08. The number of carboxylic acid groups (broad SMARTS) is 1. The Bertz CT molecular complexity index is 1070. The first-order chi connectivity index (χ1) is 14.7. The lowest BCUT2D eigenvalue weighted by molar-refractivity contribution is -0.110. The molecule has 0 atom stereocenters. The molecule has 1 aliphatic heterocycles. The highest BCUT2D eigenvalue weighted by molar-refractivity contribution is 6.35. The van der Waals surface area contributed by atoms with E-state index in [-0.39, 0.29) is 18.1 Å². The maximum Gasteiger partial charge on any atom is 0.340 e. The third-order valence-corrected chi connectivity index (χ3v) is 5.17. The standard InChI is InChI=1S/C23H27N3O5/c1-5-31-23(30)20-13(2)24-19(15(20)7-6-10-26(3)4)12-17-16-11-14(22(28)29)8-9-18(16)25-21(17)27/h8-9,11-12,24H,5-7,10H2,1-4H3,(H,25,27)(H,28,29)/b17-12-. The van der Waals surface area contributed by atoms with Gasteiger partial charge in [0.2, 0.25) is 0 Å². The molecule has 0 bridgehead atoms. The largest absolute Gasteiger partial charge is 0.478 e. The number of hydrogen-bond acceptors (Lipinski definition) is 5. The highest BCUT2D eigenvalue weighted by Gasteiger charge is 2.27. The third-order valence-electron chi connectivity index (χ3n) is 5.17. The molecule has 1 aromatic carbocycles. The molecule has 2 aromatic rings. The number of carboxylic acids is 1. The fourth-order valence-electron chi connectivity index (χ4n) is 3.74. The number of carbonyl (C=O) groups is 3. The Hall–Kier alpha value is -3.39. The number of aromatic amines is 1. The van der Waals surface area contributed by atoms with Crippen LogP contribution in [0.15, 0.2) is 18.2 Å². The van der Waals surface area contributed by atoms with Crippen molar-refractivity contribution in [1.29, 1.82) is 0 Å². The van der Waals surface area contributed by atoms with Crippen molar-refractivity contribution in [3.8, 4) is 0 Å². The molecule has 0 saturated heterocycles. The first-order valence-electron chi connectivity index (χ1n) is 10.2. The summed E-state index contributed by atoms with van der Waals surface area (Å²) in [4.78, 5) is 41.9. The van der Waals surface area contributed by atoms with Gasteiger partial charge in [0, 0.05) is 22.6 Å². The molecular weight excluding hydrogens is 398 g/mol. The summed E-state index contributed by atoms with van der Waals surface area (Å²) in [6, 6.07) is 4.52. The van der Waals surface area contributed by atoms with Gasteiger partial charge in [-0.2, -0.15) is 0 Å². The molecule has 0 radical (unpaired) electrons. The van der Waals surface area contributed by atoms with Crippen LogP contribution in [-0.2, 0) is 16.0 Å². The van der Waals surface area contributed by atoms with E-state index in [4.69, 9.17) is 4.74 Å². The summed E-state index contributed by atoms with van der Waals surface area (Å²) in [7, 11) is 3.97. The number of nitrogens with zero attached hydrogens (tertiary/aromatic N) is 1. The second-order valence-electron chi connectivity index (χ2n) is 7.72. The van der Waals surface area contributed by atoms with E-state index in [0.717, 1.165) is 18.5 Å². The fraction of sp³-hybridized carbons (Fsp3) is 0.348. The third kappa shape index (κ3) is 4.69. The van der Waals surface area contributed by atoms with Gasteiger partial charge in [0.05, 0.1) is 23.3 Å². The lowest BCUT2D eigenvalue weighted by Gasteiger charge is -2.10. The van der Waals surface area contributed by atoms with E-state index in [9.17, 15) is 19.5 Å². The van der Waals surface area contributed by atoms with Crippen LogP contribution in [0.4, 0.5) is 5.69 Å². The topological polar surface area (TPSA) is 112 Å². The minimum absolute atomic E-state index is 0.0993. The summed E-state index contributed by atoms with van der Waals surface area (Å²) in [6.07, 6.45) is 3.13. The highest BCUT2D eigenvalue weighted by atomic mass is 16.5. The molecule has 164 valence electrons. The van der Waals surface area contributed by atoms with Gasteiger partial charge in [-0.1, -0.05) is 0 Å². The van der Waals surface area contributed by atoms with Gasteiger partial charge < -0.3 is 25.0 Å². The average molecular weight is 425 g/mol. The summed E-state index contributed by atoms with van der Waals surface area (Å²) in [6.45, 7) is 4.67. The van der Waals surface area contributed by atoms with E-state index < -0.39 is 11.9 Å². The van der Waals surface area contributed by atoms with E-state index in [1.165, 1.54) is 12.1 Å². The van der Waals surface area contributed by atoms with Crippen LogP contribution in [0.1, 0.15) is 56.6 Å². The quantitative estimate of drug-likeness (QED) is 0.442. The number of esters is 1. The number of fused-ring (bicyclic) bond motifs is 1. The molecule has 8 nitrogen and oxygen atoms in total. The van der Waals surface area contributed by atoms with E-state index >= 15 is 0 Å². The van der Waals surface area contributed by atoms with Crippen molar-refractivity contribution in [3.05, 3.63) is 51.8 Å². The molecule has 0 unspecified atom stereocenters. The molecule has 0 saturated carbocycles. The maximum absolute atomic E-state index is 12.6. The van der Waals surface area contributed by atoms with Crippen molar-refractivity contribution in [2.24, 2.45) is 0 Å². The molecule has 1 aliphatic rings. The zero-order chi connectivity index (χ0) is 22.7. The second-order valence-corrected chi connectivity index (χ2v) is 7.72. The van der Waals surface area contributed by atoms with Crippen LogP contribution in [-0.4, -0.2) is 60.1 Å². The van der Waals surface area contributed by atoms with Crippen molar-refractivity contribution in [1.82, 2.24) is 9.88 Å². The predicted octanol–water partition coefficient (Wildman–Crippen LogP) is 3.18. The molecule has 3 rings (SSSR count). The number of benzene rings is 1. The number of amides is 1. The van der Waals surface area contributed by atoms with Crippen molar-refractivity contribution < 1.29 is 24.2 Å². The molecule has 0 fully saturated rings. The molecule has 0 aliphatic carbocycles. The van der Waals surface area contributed by atoms with Crippen LogP contribution in [0.25, 0.3) is 11.6 Å². The van der Waals surface area contributed by atoms with Gasteiger partial charge in [-0.25, -0.2) is 9.59 Å². The van der Waals surface area contributed by atoms with Crippen molar-refractivity contribution in [2.75, 3.05) is 32.6 Å². The van der Waals surface area contributed by atoms with Crippen LogP contribution < -0.4 is 5.32 Å². The molecule has 1 amide bonds. The van der Waals surface area contributed by atoms with Gasteiger partial charge in [0.1, 0.15) is 0 Å². The molecule has 1 aromatic heterocycles. The number of aromatic carboxylic acids is 1. The minimum atomic E-state index is -1.06. The highest BCUT2D eigenvalue weighted by Crippen LogP contribution is 2.35. The Labute approximate surface area is 180 Å². The maximum atomic E-state index is 12.6. The van der Waals surface area contributed by atoms with Gasteiger partial charge in [-0.15, -0.1) is 0 Å². The molecule has 3 N–H and O–H groups in total. The van der Waals surface area contributed by atoms with Crippen LogP contribution >= 0.6 is 0 Å². The van der Waals surface area contributed by atoms with Crippen LogP contribution in [0.3, 0.4) is 0 Å². The Morgan fingerprint density at radius 3 is 2.65 bits per heavy atom. The summed E-state index contributed by atoms with van der Waals surface area (Å²) >= 11 is 0. The molecular formula is C23H27N3O5. The normalized spacial score (nSPS) is 14.1. The molecule has 2 heterocycles. The SMILES string of the molecule is CCOC(=O)c1c(C)[nH]c(/C=C2\C(=O)Nc3ccc(C(=O)O)cc32)c1CCCN(C)C. The number of H-pyrrole nitrogens is 1. The number of carbonyl (C=O) groups excluding carboxylic acids is 2. The first-order valence-corrected chi connectivity index (χ1v) is 10.2. The average Bonchev–Trinajstić information content (AvgIpc) is 3.17. The Morgan fingerprint density at radius 2 is 2.00 bits per heavy atom. The van der Waals surface area contributed by atoms with Crippen molar-refractivity contribution in [2.45, 2.75) is 26.7 Å². The monoisotopic (exact) mass is 425 g/mol. The number of ether oxygens (including phenoxy) is 1. The van der Waals surface area contributed by atoms with Gasteiger partial charge >= 0.3 is 11.9 Å². The Kier molecular flexibility index (Phi) is 6.60. The molecule has 8 heteroatoms. The number of aryl methyl sites for hydroxylation is 1. The van der Waals surface area contributed by atoms with Gasteiger partial charge in [0.15, 0.2) is 0 Å².